The Bertz CT molecular complexity index is 442. The second-order valence-corrected chi connectivity index (χ2v) is 5.67. The molecular formula is C12H19N3O3. The summed E-state index contributed by atoms with van der Waals surface area (Å²) in [5, 5.41) is 16.7. The fraction of sp³-hybridized carbons (Fsp3) is 0.750. The maximum atomic E-state index is 12.4. The predicted molar refractivity (Wildman–Crippen MR) is 64.0 cm³/mol. The van der Waals surface area contributed by atoms with Gasteiger partial charge in [0.2, 0.25) is 0 Å². The smallest absolute Gasteiger partial charge is 0.278 e. The second kappa shape index (κ2) is 4.68. The topological polar surface area (TPSA) is 79.5 Å². The van der Waals surface area contributed by atoms with E-state index in [9.17, 15) is 9.90 Å². The zero-order valence-corrected chi connectivity index (χ0v) is 11.0. The fourth-order valence-electron chi connectivity index (χ4n) is 2.37. The largest absolute Gasteiger partial charge is 0.394 e. The summed E-state index contributed by atoms with van der Waals surface area (Å²) in [4.78, 5) is 14.1. The van der Waals surface area contributed by atoms with Crippen molar-refractivity contribution in [1.82, 2.24) is 15.2 Å². The van der Waals surface area contributed by atoms with Gasteiger partial charge in [0.15, 0.2) is 5.69 Å². The number of rotatable bonds is 2. The van der Waals surface area contributed by atoms with Crippen molar-refractivity contribution in [3.8, 4) is 0 Å². The van der Waals surface area contributed by atoms with Gasteiger partial charge in [0.1, 0.15) is 5.69 Å². The Labute approximate surface area is 106 Å². The Kier molecular flexibility index (Phi) is 3.38. The van der Waals surface area contributed by atoms with Gasteiger partial charge in [0.25, 0.3) is 5.91 Å². The number of aromatic nitrogens is 2. The number of carbonyl (C=O) groups is 1. The average Bonchev–Trinajstić information content (AvgIpc) is 2.73. The van der Waals surface area contributed by atoms with E-state index in [1.54, 1.807) is 11.8 Å². The summed E-state index contributed by atoms with van der Waals surface area (Å²) in [7, 11) is 0. The van der Waals surface area contributed by atoms with E-state index >= 15 is 0 Å². The van der Waals surface area contributed by atoms with Crippen LogP contribution in [0.15, 0.2) is 4.63 Å². The van der Waals surface area contributed by atoms with Gasteiger partial charge in [-0.15, -0.1) is 0 Å². The number of hydrogen-bond acceptors (Lipinski definition) is 5. The van der Waals surface area contributed by atoms with Gasteiger partial charge < -0.3 is 10.0 Å². The van der Waals surface area contributed by atoms with E-state index in [4.69, 9.17) is 0 Å². The van der Waals surface area contributed by atoms with Crippen molar-refractivity contribution >= 4 is 5.91 Å². The third-order valence-electron chi connectivity index (χ3n) is 3.52. The minimum Gasteiger partial charge on any atom is -0.394 e. The number of amides is 1. The quantitative estimate of drug-likeness (QED) is 0.850. The molecule has 6 nitrogen and oxygen atoms in total. The van der Waals surface area contributed by atoms with Crippen molar-refractivity contribution in [3.63, 3.8) is 0 Å². The molecule has 1 N–H and O–H groups in total. The molecule has 1 fully saturated rings. The number of aliphatic hydroxyl groups excluding tert-OH is 1. The monoisotopic (exact) mass is 253 g/mol. The molecule has 1 atom stereocenters. The number of likely N-dealkylation sites (tertiary alicyclic amines) is 1. The molecule has 0 aliphatic carbocycles. The highest BCUT2D eigenvalue weighted by Crippen LogP contribution is 2.32. The van der Waals surface area contributed by atoms with Crippen LogP contribution in [-0.2, 0) is 0 Å². The van der Waals surface area contributed by atoms with Crippen LogP contribution < -0.4 is 0 Å². The molecule has 0 spiro atoms. The Hall–Kier alpha value is -1.43. The van der Waals surface area contributed by atoms with Crippen LogP contribution in [0.4, 0.5) is 0 Å². The lowest BCUT2D eigenvalue weighted by Crippen LogP contribution is -2.51. The highest BCUT2D eigenvalue weighted by Gasteiger charge is 2.37. The first kappa shape index (κ1) is 13.0. The molecule has 1 aromatic heterocycles. The molecule has 1 saturated heterocycles. The third kappa shape index (κ3) is 2.38. The molecule has 18 heavy (non-hydrogen) atoms. The van der Waals surface area contributed by atoms with Crippen LogP contribution in [0.3, 0.4) is 0 Å². The van der Waals surface area contributed by atoms with Crippen LogP contribution in [0.1, 0.15) is 42.9 Å². The number of carbonyl (C=O) groups excluding carboxylic acids is 1. The zero-order valence-electron chi connectivity index (χ0n) is 11.0. The predicted octanol–water partition coefficient (Wildman–Crippen LogP) is 1.00. The number of piperidine rings is 1. The Morgan fingerprint density at radius 1 is 1.56 bits per heavy atom. The summed E-state index contributed by atoms with van der Waals surface area (Å²) in [5.41, 5.74) is 0.790. The number of aliphatic hydroxyl groups is 1. The molecule has 2 rings (SSSR count). The first-order valence-electron chi connectivity index (χ1n) is 6.15. The standard InChI is InChI=1S/C12H19N3O3/c1-8-10(14-18-13-8)11(17)15-7-12(2,3)5-4-9(15)6-16/h9,16H,4-7H2,1-3H3. The van der Waals surface area contributed by atoms with E-state index in [1.807, 2.05) is 0 Å². The molecule has 1 amide bonds. The van der Waals surface area contributed by atoms with Crippen molar-refractivity contribution < 1.29 is 14.5 Å². The third-order valence-corrected chi connectivity index (χ3v) is 3.52. The van der Waals surface area contributed by atoms with Crippen LogP contribution in [0.5, 0.6) is 0 Å². The van der Waals surface area contributed by atoms with Gasteiger partial charge in [0, 0.05) is 6.54 Å². The average molecular weight is 253 g/mol. The minimum absolute atomic E-state index is 0.0217. The van der Waals surface area contributed by atoms with Gasteiger partial charge >= 0.3 is 0 Å². The molecule has 0 aromatic carbocycles. The lowest BCUT2D eigenvalue weighted by Gasteiger charge is -2.42. The van der Waals surface area contributed by atoms with Crippen LogP contribution in [0.25, 0.3) is 0 Å². The molecule has 0 bridgehead atoms. The fourth-order valence-corrected chi connectivity index (χ4v) is 2.37. The van der Waals surface area contributed by atoms with E-state index in [0.717, 1.165) is 12.8 Å². The maximum Gasteiger partial charge on any atom is 0.278 e. The molecule has 2 heterocycles. The summed E-state index contributed by atoms with van der Waals surface area (Å²) in [6, 6.07) is -0.137. The van der Waals surface area contributed by atoms with Crippen molar-refractivity contribution in [1.29, 1.82) is 0 Å². The number of hydrogen-bond donors (Lipinski definition) is 1. The highest BCUT2D eigenvalue weighted by atomic mass is 16.6. The highest BCUT2D eigenvalue weighted by molar-refractivity contribution is 5.93. The van der Waals surface area contributed by atoms with Crippen molar-refractivity contribution in [3.05, 3.63) is 11.4 Å². The summed E-state index contributed by atoms with van der Waals surface area (Å²) in [6.07, 6.45) is 1.80. The van der Waals surface area contributed by atoms with Gasteiger partial charge in [-0.1, -0.05) is 19.0 Å². The van der Waals surface area contributed by atoms with Crippen LogP contribution >= 0.6 is 0 Å². The summed E-state index contributed by atoms with van der Waals surface area (Å²) in [5.74, 6) is -0.208. The number of nitrogens with zero attached hydrogens (tertiary/aromatic N) is 3. The van der Waals surface area contributed by atoms with E-state index in [1.165, 1.54) is 0 Å². The van der Waals surface area contributed by atoms with E-state index < -0.39 is 0 Å². The van der Waals surface area contributed by atoms with Gasteiger partial charge in [-0.3, -0.25) is 4.79 Å². The van der Waals surface area contributed by atoms with Crippen molar-refractivity contribution in [2.75, 3.05) is 13.2 Å². The van der Waals surface area contributed by atoms with Crippen LogP contribution in [-0.4, -0.2) is 45.4 Å². The van der Waals surface area contributed by atoms with Crippen LogP contribution in [0, 0.1) is 12.3 Å². The van der Waals surface area contributed by atoms with Crippen molar-refractivity contribution in [2.24, 2.45) is 5.41 Å². The van der Waals surface area contributed by atoms with Gasteiger partial charge in [-0.05, 0) is 30.3 Å². The van der Waals surface area contributed by atoms with Gasteiger partial charge in [-0.25, -0.2) is 4.63 Å². The normalized spacial score (nSPS) is 23.1. The maximum absolute atomic E-state index is 12.4. The first-order valence-corrected chi connectivity index (χ1v) is 6.15. The Morgan fingerprint density at radius 3 is 2.83 bits per heavy atom. The molecule has 1 unspecified atom stereocenters. The minimum atomic E-state index is -0.208. The molecule has 6 heteroatoms. The lowest BCUT2D eigenvalue weighted by atomic mass is 9.81. The van der Waals surface area contributed by atoms with Crippen molar-refractivity contribution in [2.45, 2.75) is 39.7 Å². The molecule has 100 valence electrons. The molecule has 0 radical (unpaired) electrons. The van der Waals surface area contributed by atoms with Crippen LogP contribution in [0.2, 0.25) is 0 Å². The molecule has 1 aliphatic rings. The molecule has 0 saturated carbocycles. The van der Waals surface area contributed by atoms with Gasteiger partial charge in [-0.2, -0.15) is 0 Å². The molecule has 1 aliphatic heterocycles. The zero-order chi connectivity index (χ0) is 13.3. The molecular weight excluding hydrogens is 234 g/mol. The van der Waals surface area contributed by atoms with E-state index in [0.29, 0.717) is 12.2 Å². The summed E-state index contributed by atoms with van der Waals surface area (Å²) >= 11 is 0. The van der Waals surface area contributed by atoms with E-state index in [2.05, 4.69) is 28.8 Å². The SMILES string of the molecule is Cc1nonc1C(=O)N1CC(C)(C)CCC1CO. The number of aryl methyl sites for hydroxylation is 1. The van der Waals surface area contributed by atoms with Gasteiger partial charge in [0.05, 0.1) is 12.6 Å². The first-order chi connectivity index (χ1) is 8.44. The van der Waals surface area contributed by atoms with E-state index in [-0.39, 0.29) is 29.7 Å². The Morgan fingerprint density at radius 2 is 2.28 bits per heavy atom. The summed E-state index contributed by atoms with van der Waals surface area (Å²) in [6.45, 7) is 6.52. The molecule has 1 aromatic rings. The second-order valence-electron chi connectivity index (χ2n) is 5.67. The summed E-state index contributed by atoms with van der Waals surface area (Å²) < 4.78 is 4.57. The lowest BCUT2D eigenvalue weighted by molar-refractivity contribution is 0.0238. The Balaban J connectivity index is 2.23.